The molecule has 0 saturated carbocycles. The summed E-state index contributed by atoms with van der Waals surface area (Å²) in [7, 11) is 7.98. The molecule has 58 valence electrons. The molecule has 0 aromatic rings. The van der Waals surface area contributed by atoms with E-state index in [1.165, 1.54) is 0 Å². The second-order valence-electron chi connectivity index (χ2n) is 2.62. The van der Waals surface area contributed by atoms with Crippen LogP contribution in [0.4, 0.5) is 0 Å². The van der Waals surface area contributed by atoms with E-state index in [1.54, 1.807) is 0 Å². The van der Waals surface area contributed by atoms with Gasteiger partial charge in [-0.1, -0.05) is 6.58 Å². The lowest BCUT2D eigenvalue weighted by Crippen LogP contribution is -2.13. The van der Waals surface area contributed by atoms with Crippen LogP contribution in [0, 0.1) is 0 Å². The van der Waals surface area contributed by atoms with Gasteiger partial charge in [0, 0.05) is 34.4 Å². The zero-order valence-corrected chi connectivity index (χ0v) is 7.26. The van der Waals surface area contributed by atoms with Crippen LogP contribution in [0.3, 0.4) is 0 Å². The fraction of sp³-hybridized carbons (Fsp3) is 0.500. The van der Waals surface area contributed by atoms with Crippen LogP contribution in [0.25, 0.3) is 0 Å². The van der Waals surface area contributed by atoms with Gasteiger partial charge in [0.05, 0.1) is 5.70 Å². The fourth-order valence-electron chi connectivity index (χ4n) is 0.615. The summed E-state index contributed by atoms with van der Waals surface area (Å²) in [5.74, 6) is 0. The summed E-state index contributed by atoms with van der Waals surface area (Å²) in [6, 6.07) is 0. The molecule has 0 heterocycles. The predicted octanol–water partition coefficient (Wildman–Crippen LogP) is 1.14. The predicted molar refractivity (Wildman–Crippen MR) is 45.7 cm³/mol. The van der Waals surface area contributed by atoms with Gasteiger partial charge in [-0.25, -0.2) is 0 Å². The Kier molecular flexibility index (Phi) is 3.62. The summed E-state index contributed by atoms with van der Waals surface area (Å²) >= 11 is 0. The molecule has 0 aliphatic carbocycles. The molecule has 0 atom stereocenters. The second kappa shape index (κ2) is 3.99. The first-order valence-corrected chi connectivity index (χ1v) is 3.26. The van der Waals surface area contributed by atoms with E-state index < -0.39 is 0 Å². The highest BCUT2D eigenvalue weighted by atomic mass is 15.1. The Labute approximate surface area is 63.4 Å². The Morgan fingerprint density at radius 3 is 1.80 bits per heavy atom. The van der Waals surface area contributed by atoms with E-state index in [9.17, 15) is 0 Å². The van der Waals surface area contributed by atoms with E-state index in [0.717, 1.165) is 5.70 Å². The maximum absolute atomic E-state index is 3.70. The van der Waals surface area contributed by atoms with Gasteiger partial charge in [0.15, 0.2) is 0 Å². The molecule has 2 heteroatoms. The largest absolute Gasteiger partial charge is 0.382 e. The number of hydrogen-bond donors (Lipinski definition) is 0. The van der Waals surface area contributed by atoms with Crippen LogP contribution < -0.4 is 0 Å². The molecule has 0 radical (unpaired) electrons. The van der Waals surface area contributed by atoms with Gasteiger partial charge in [-0.3, -0.25) is 0 Å². The highest BCUT2D eigenvalue weighted by Gasteiger charge is 1.91. The minimum Gasteiger partial charge on any atom is -0.382 e. The third-order valence-electron chi connectivity index (χ3n) is 1.12. The number of nitrogens with zero attached hydrogens (tertiary/aromatic N) is 2. The lowest BCUT2D eigenvalue weighted by atomic mass is 10.4. The topological polar surface area (TPSA) is 6.48 Å². The van der Waals surface area contributed by atoms with Gasteiger partial charge >= 0.3 is 0 Å². The molecule has 0 amide bonds. The van der Waals surface area contributed by atoms with Crippen molar-refractivity contribution in [3.63, 3.8) is 0 Å². The number of hydrogen-bond acceptors (Lipinski definition) is 2. The van der Waals surface area contributed by atoms with Crippen LogP contribution in [-0.4, -0.2) is 38.0 Å². The molecule has 0 bridgehead atoms. The molecule has 10 heavy (non-hydrogen) atoms. The molecular formula is C8H16N2. The maximum atomic E-state index is 3.70. The van der Waals surface area contributed by atoms with E-state index >= 15 is 0 Å². The zero-order chi connectivity index (χ0) is 8.15. The van der Waals surface area contributed by atoms with Gasteiger partial charge in [0.1, 0.15) is 0 Å². The molecule has 0 aliphatic rings. The Balaban J connectivity index is 4.18. The van der Waals surface area contributed by atoms with Gasteiger partial charge in [0.25, 0.3) is 0 Å². The molecule has 0 fully saturated rings. The van der Waals surface area contributed by atoms with Gasteiger partial charge < -0.3 is 9.80 Å². The lowest BCUT2D eigenvalue weighted by Gasteiger charge is -2.15. The third kappa shape index (κ3) is 3.17. The van der Waals surface area contributed by atoms with Crippen molar-refractivity contribution in [3.05, 3.63) is 24.6 Å². The first-order chi connectivity index (χ1) is 4.57. The minimum absolute atomic E-state index is 1.12. The van der Waals surface area contributed by atoms with Crippen LogP contribution in [0.2, 0.25) is 0 Å². The van der Waals surface area contributed by atoms with Crippen molar-refractivity contribution in [2.24, 2.45) is 0 Å². The van der Waals surface area contributed by atoms with Gasteiger partial charge in [-0.05, 0) is 6.08 Å². The van der Waals surface area contributed by atoms with Crippen molar-refractivity contribution in [2.45, 2.75) is 0 Å². The molecule has 0 aromatic heterocycles. The van der Waals surface area contributed by atoms with Crippen molar-refractivity contribution in [1.82, 2.24) is 9.80 Å². The number of rotatable bonds is 3. The monoisotopic (exact) mass is 140 g/mol. The number of allylic oxidation sites excluding steroid dienone is 1. The summed E-state index contributed by atoms with van der Waals surface area (Å²) in [4.78, 5) is 4.02. The lowest BCUT2D eigenvalue weighted by molar-refractivity contribution is 0.487. The Hall–Kier alpha value is -0.920. The Morgan fingerprint density at radius 2 is 1.70 bits per heavy atom. The summed E-state index contributed by atoms with van der Waals surface area (Å²) < 4.78 is 0. The van der Waals surface area contributed by atoms with E-state index in [-0.39, 0.29) is 0 Å². The fourth-order valence-corrected chi connectivity index (χ4v) is 0.615. The summed E-state index contributed by atoms with van der Waals surface area (Å²) in [5.41, 5.74) is 1.12. The smallest absolute Gasteiger partial charge is 0.0516 e. The molecule has 0 N–H and O–H groups in total. The molecule has 0 aliphatic heterocycles. The van der Waals surface area contributed by atoms with E-state index in [0.29, 0.717) is 0 Å². The Morgan fingerprint density at radius 1 is 1.20 bits per heavy atom. The quantitative estimate of drug-likeness (QED) is 0.542. The summed E-state index contributed by atoms with van der Waals surface area (Å²) in [6.45, 7) is 3.70. The number of likely N-dealkylation sites (N-methyl/N-ethyl adjacent to an activating group) is 1. The zero-order valence-electron chi connectivity index (χ0n) is 7.26. The standard InChI is InChI=1S/C8H16N2/c1-6-8(10(4)5)7-9(2)3/h6-7H,1H2,2-5H3/b8-7-. The van der Waals surface area contributed by atoms with Crippen LogP contribution in [0.15, 0.2) is 24.6 Å². The average Bonchev–Trinajstić information content (AvgIpc) is 1.81. The SMILES string of the molecule is C=C/C(=C/N(C)C)N(C)C. The van der Waals surface area contributed by atoms with E-state index in [1.807, 2.05) is 50.3 Å². The first-order valence-electron chi connectivity index (χ1n) is 3.26. The maximum Gasteiger partial charge on any atom is 0.0516 e. The van der Waals surface area contributed by atoms with Crippen LogP contribution >= 0.6 is 0 Å². The van der Waals surface area contributed by atoms with Crippen molar-refractivity contribution < 1.29 is 0 Å². The van der Waals surface area contributed by atoms with Crippen LogP contribution in [0.1, 0.15) is 0 Å². The van der Waals surface area contributed by atoms with Crippen molar-refractivity contribution in [1.29, 1.82) is 0 Å². The Bertz CT molecular complexity index is 134. The molecule has 2 nitrogen and oxygen atoms in total. The second-order valence-corrected chi connectivity index (χ2v) is 2.62. The minimum atomic E-state index is 1.12. The average molecular weight is 140 g/mol. The highest BCUT2D eigenvalue weighted by molar-refractivity contribution is 5.12. The molecule has 0 saturated heterocycles. The summed E-state index contributed by atoms with van der Waals surface area (Å²) in [6.07, 6.45) is 3.85. The molecule has 0 aromatic carbocycles. The normalized spacial score (nSPS) is 11.0. The van der Waals surface area contributed by atoms with Gasteiger partial charge in [-0.2, -0.15) is 0 Å². The molecule has 0 rings (SSSR count). The highest BCUT2D eigenvalue weighted by Crippen LogP contribution is 1.98. The van der Waals surface area contributed by atoms with Crippen molar-refractivity contribution in [3.8, 4) is 0 Å². The van der Waals surface area contributed by atoms with Crippen molar-refractivity contribution >= 4 is 0 Å². The van der Waals surface area contributed by atoms with Crippen LogP contribution in [-0.2, 0) is 0 Å². The molecule has 0 spiro atoms. The molecular weight excluding hydrogens is 124 g/mol. The third-order valence-corrected chi connectivity index (χ3v) is 1.12. The molecule has 0 unspecified atom stereocenters. The van der Waals surface area contributed by atoms with Crippen molar-refractivity contribution in [2.75, 3.05) is 28.2 Å². The van der Waals surface area contributed by atoms with Gasteiger partial charge in [-0.15, -0.1) is 0 Å². The van der Waals surface area contributed by atoms with E-state index in [2.05, 4.69) is 6.58 Å². The summed E-state index contributed by atoms with van der Waals surface area (Å²) in [5, 5.41) is 0. The van der Waals surface area contributed by atoms with E-state index in [4.69, 9.17) is 0 Å². The van der Waals surface area contributed by atoms with Crippen LogP contribution in [0.5, 0.6) is 0 Å². The van der Waals surface area contributed by atoms with Gasteiger partial charge in [0.2, 0.25) is 0 Å². The first kappa shape index (κ1) is 9.08.